The van der Waals surface area contributed by atoms with Gasteiger partial charge in [-0.2, -0.15) is 4.68 Å². The molecule has 2 N–H and O–H groups in total. The standard InChI is InChI=1S/C17H16N4O4/c1-24-16-20-21(17(23)25-16)14-9-7-13(8-10-14)19-15(22)18-11-12-5-3-2-4-6-12/h2-10H,11H2,1H3,(H2,18,19,22). The van der Waals surface area contributed by atoms with Crippen LogP contribution in [0.25, 0.3) is 5.69 Å². The molecular weight excluding hydrogens is 324 g/mol. The minimum Gasteiger partial charge on any atom is -0.452 e. The van der Waals surface area contributed by atoms with Crippen molar-refractivity contribution >= 4 is 11.7 Å². The summed E-state index contributed by atoms with van der Waals surface area (Å²) in [6.45, 7) is 0.429. The number of methoxy groups -OCH3 is 1. The molecule has 2 aromatic carbocycles. The fourth-order valence-corrected chi connectivity index (χ4v) is 2.15. The first-order valence-corrected chi connectivity index (χ1v) is 7.49. The number of aromatic nitrogens is 2. The predicted molar refractivity (Wildman–Crippen MR) is 91.0 cm³/mol. The van der Waals surface area contributed by atoms with Crippen LogP contribution in [0, 0.1) is 0 Å². The van der Waals surface area contributed by atoms with E-state index >= 15 is 0 Å². The second-order valence-corrected chi connectivity index (χ2v) is 5.09. The maximum Gasteiger partial charge on any atom is 0.444 e. The second-order valence-electron chi connectivity index (χ2n) is 5.09. The van der Waals surface area contributed by atoms with E-state index in [4.69, 9.17) is 9.15 Å². The molecule has 2 amide bonds. The lowest BCUT2D eigenvalue weighted by atomic mass is 10.2. The van der Waals surface area contributed by atoms with Gasteiger partial charge in [-0.25, -0.2) is 9.59 Å². The summed E-state index contributed by atoms with van der Waals surface area (Å²) in [7, 11) is 1.36. The normalized spacial score (nSPS) is 10.3. The summed E-state index contributed by atoms with van der Waals surface area (Å²) in [6.07, 6.45) is -0.118. The Labute approximate surface area is 143 Å². The van der Waals surface area contributed by atoms with Gasteiger partial charge in [-0.3, -0.25) is 0 Å². The van der Waals surface area contributed by atoms with Crippen molar-refractivity contribution in [2.24, 2.45) is 0 Å². The van der Waals surface area contributed by atoms with E-state index in [1.54, 1.807) is 24.3 Å². The molecule has 1 heterocycles. The number of hydrogen-bond donors (Lipinski definition) is 2. The Morgan fingerprint density at radius 3 is 2.52 bits per heavy atom. The van der Waals surface area contributed by atoms with E-state index in [1.807, 2.05) is 30.3 Å². The maximum absolute atomic E-state index is 11.9. The van der Waals surface area contributed by atoms with Gasteiger partial charge in [-0.15, -0.1) is 0 Å². The molecular formula is C17H16N4O4. The molecule has 1 aromatic heterocycles. The van der Waals surface area contributed by atoms with Crippen molar-refractivity contribution in [1.29, 1.82) is 0 Å². The van der Waals surface area contributed by atoms with Crippen LogP contribution in [0.3, 0.4) is 0 Å². The van der Waals surface area contributed by atoms with Gasteiger partial charge in [0.2, 0.25) is 0 Å². The molecule has 3 rings (SSSR count). The molecule has 0 aliphatic carbocycles. The number of carbonyl (C=O) groups is 1. The average Bonchev–Trinajstić information content (AvgIpc) is 3.02. The topological polar surface area (TPSA) is 98.4 Å². The molecule has 0 saturated heterocycles. The van der Waals surface area contributed by atoms with Gasteiger partial charge in [-0.05, 0) is 29.8 Å². The van der Waals surface area contributed by atoms with E-state index in [-0.39, 0.29) is 12.1 Å². The lowest BCUT2D eigenvalue weighted by Gasteiger charge is -2.08. The maximum atomic E-state index is 11.9. The first-order chi connectivity index (χ1) is 12.2. The van der Waals surface area contributed by atoms with Crippen LogP contribution in [0.1, 0.15) is 5.56 Å². The predicted octanol–water partition coefficient (Wildman–Crippen LogP) is 2.16. The first kappa shape index (κ1) is 16.3. The second kappa shape index (κ2) is 7.35. The minimum atomic E-state index is -0.654. The highest BCUT2D eigenvalue weighted by molar-refractivity contribution is 5.89. The Morgan fingerprint density at radius 2 is 1.88 bits per heavy atom. The Balaban J connectivity index is 1.61. The van der Waals surface area contributed by atoms with E-state index in [0.717, 1.165) is 10.2 Å². The van der Waals surface area contributed by atoms with Crippen LogP contribution in [0.4, 0.5) is 10.5 Å². The molecule has 0 fully saturated rings. The summed E-state index contributed by atoms with van der Waals surface area (Å²) in [6, 6.07) is 15.9. The molecule has 25 heavy (non-hydrogen) atoms. The molecule has 8 nitrogen and oxygen atoms in total. The van der Waals surface area contributed by atoms with Crippen molar-refractivity contribution in [3.8, 4) is 11.8 Å². The quantitative estimate of drug-likeness (QED) is 0.741. The molecule has 0 atom stereocenters. The first-order valence-electron chi connectivity index (χ1n) is 7.49. The van der Waals surface area contributed by atoms with Gasteiger partial charge in [0, 0.05) is 12.2 Å². The number of amides is 2. The number of benzene rings is 2. The largest absolute Gasteiger partial charge is 0.452 e. The Morgan fingerprint density at radius 1 is 1.16 bits per heavy atom. The zero-order valence-corrected chi connectivity index (χ0v) is 13.4. The van der Waals surface area contributed by atoms with E-state index in [9.17, 15) is 9.59 Å². The highest BCUT2D eigenvalue weighted by atomic mass is 16.6. The zero-order chi connectivity index (χ0) is 17.6. The van der Waals surface area contributed by atoms with Gasteiger partial charge >= 0.3 is 17.9 Å². The number of nitrogens with zero attached hydrogens (tertiary/aromatic N) is 2. The van der Waals surface area contributed by atoms with Crippen molar-refractivity contribution in [2.45, 2.75) is 6.54 Å². The van der Waals surface area contributed by atoms with Crippen LogP contribution in [-0.4, -0.2) is 22.9 Å². The summed E-state index contributed by atoms with van der Waals surface area (Å²) in [5.41, 5.74) is 2.08. The number of nitrogens with one attached hydrogen (secondary N) is 2. The van der Waals surface area contributed by atoms with Crippen molar-refractivity contribution < 1.29 is 13.9 Å². The number of carbonyl (C=O) groups excluding carboxylic acids is 1. The third-order valence-electron chi connectivity index (χ3n) is 3.37. The highest BCUT2D eigenvalue weighted by Gasteiger charge is 2.10. The van der Waals surface area contributed by atoms with E-state index in [0.29, 0.717) is 17.9 Å². The van der Waals surface area contributed by atoms with Crippen LogP contribution >= 0.6 is 0 Å². The molecule has 0 spiro atoms. The van der Waals surface area contributed by atoms with Crippen LogP contribution in [0.15, 0.2) is 63.8 Å². The average molecular weight is 340 g/mol. The summed E-state index contributed by atoms with van der Waals surface area (Å²) in [5, 5.41) is 9.35. The molecule has 0 unspecified atom stereocenters. The lowest BCUT2D eigenvalue weighted by Crippen LogP contribution is -2.28. The van der Waals surface area contributed by atoms with E-state index < -0.39 is 5.76 Å². The smallest absolute Gasteiger partial charge is 0.444 e. The molecule has 0 aliphatic rings. The third kappa shape index (κ3) is 4.05. The molecule has 0 bridgehead atoms. The van der Waals surface area contributed by atoms with Crippen molar-refractivity contribution in [1.82, 2.24) is 15.1 Å². The van der Waals surface area contributed by atoms with Gasteiger partial charge in [0.05, 0.1) is 12.8 Å². The van der Waals surface area contributed by atoms with Crippen LogP contribution in [0.5, 0.6) is 6.08 Å². The molecule has 0 saturated carbocycles. The highest BCUT2D eigenvalue weighted by Crippen LogP contribution is 2.13. The number of hydrogen-bond acceptors (Lipinski definition) is 5. The number of rotatable bonds is 5. The van der Waals surface area contributed by atoms with Crippen LogP contribution in [-0.2, 0) is 6.54 Å². The van der Waals surface area contributed by atoms with Gasteiger partial charge in [0.25, 0.3) is 0 Å². The number of anilines is 1. The fourth-order valence-electron chi connectivity index (χ4n) is 2.15. The Kier molecular flexibility index (Phi) is 4.79. The molecule has 3 aromatic rings. The molecule has 8 heteroatoms. The van der Waals surface area contributed by atoms with Gasteiger partial charge in [0.15, 0.2) is 0 Å². The molecule has 128 valence electrons. The van der Waals surface area contributed by atoms with Gasteiger partial charge in [0.1, 0.15) is 0 Å². The zero-order valence-electron chi connectivity index (χ0n) is 13.4. The van der Waals surface area contributed by atoms with Crippen molar-refractivity contribution in [3.63, 3.8) is 0 Å². The van der Waals surface area contributed by atoms with Crippen molar-refractivity contribution in [3.05, 3.63) is 70.7 Å². The molecule has 0 radical (unpaired) electrons. The van der Waals surface area contributed by atoms with E-state index in [1.165, 1.54) is 7.11 Å². The number of ether oxygens (including phenoxy) is 1. The Hall–Kier alpha value is -3.55. The monoisotopic (exact) mass is 340 g/mol. The lowest BCUT2D eigenvalue weighted by molar-refractivity contribution is 0.251. The summed E-state index contributed by atoms with van der Waals surface area (Å²) in [5.74, 6) is -0.654. The summed E-state index contributed by atoms with van der Waals surface area (Å²) >= 11 is 0. The third-order valence-corrected chi connectivity index (χ3v) is 3.37. The minimum absolute atomic E-state index is 0.118. The summed E-state index contributed by atoms with van der Waals surface area (Å²) < 4.78 is 10.6. The van der Waals surface area contributed by atoms with Gasteiger partial charge in [-0.1, -0.05) is 35.4 Å². The Bertz CT molecular complexity index is 900. The molecule has 0 aliphatic heterocycles. The number of urea groups is 1. The van der Waals surface area contributed by atoms with Crippen LogP contribution in [0.2, 0.25) is 0 Å². The van der Waals surface area contributed by atoms with Crippen molar-refractivity contribution in [2.75, 3.05) is 12.4 Å². The van der Waals surface area contributed by atoms with Crippen LogP contribution < -0.4 is 21.1 Å². The SMILES string of the molecule is COc1nn(-c2ccc(NC(=O)NCc3ccccc3)cc2)c(=O)o1. The van der Waals surface area contributed by atoms with Gasteiger partial charge < -0.3 is 19.8 Å². The van der Waals surface area contributed by atoms with E-state index in [2.05, 4.69) is 15.7 Å². The fraction of sp³-hybridized carbons (Fsp3) is 0.118. The summed E-state index contributed by atoms with van der Waals surface area (Å²) in [4.78, 5) is 23.6.